The molecule has 34 heavy (non-hydrogen) atoms. The molecule has 2 aromatic carbocycles. The first-order valence-electron chi connectivity index (χ1n) is 11.9. The lowest BCUT2D eigenvalue weighted by molar-refractivity contribution is -0.119. The summed E-state index contributed by atoms with van der Waals surface area (Å²) in [6, 6.07) is 15.4. The number of alkyl carbamates (subject to hydrolysis) is 1. The highest BCUT2D eigenvalue weighted by molar-refractivity contribution is 5.97. The molecule has 1 atom stereocenters. The van der Waals surface area contributed by atoms with E-state index in [0.29, 0.717) is 11.4 Å². The van der Waals surface area contributed by atoms with Crippen LogP contribution in [0.5, 0.6) is 0 Å². The van der Waals surface area contributed by atoms with Crippen LogP contribution in [0.15, 0.2) is 54.6 Å². The smallest absolute Gasteiger partial charge is 0.408 e. The van der Waals surface area contributed by atoms with Crippen LogP contribution >= 0.6 is 0 Å². The zero-order valence-electron chi connectivity index (χ0n) is 19.9. The predicted octanol–water partition coefficient (Wildman–Crippen LogP) is 4.98. The van der Waals surface area contributed by atoms with E-state index in [1.165, 1.54) is 0 Å². The second kappa shape index (κ2) is 12.6. The van der Waals surface area contributed by atoms with Gasteiger partial charge in [0.15, 0.2) is 0 Å². The summed E-state index contributed by atoms with van der Waals surface area (Å²) < 4.78 is 5.25. The number of nitrogens with one attached hydrogen (secondary N) is 3. The maximum atomic E-state index is 12.8. The molecule has 8 heteroatoms. The molecule has 0 aromatic heterocycles. The lowest BCUT2D eigenvalue weighted by Gasteiger charge is -2.22. The largest absolute Gasteiger partial charge is 0.445 e. The molecule has 0 saturated carbocycles. The summed E-state index contributed by atoms with van der Waals surface area (Å²) in [5, 5.41) is 8.39. The van der Waals surface area contributed by atoms with E-state index in [0.717, 1.165) is 44.3 Å². The van der Waals surface area contributed by atoms with Gasteiger partial charge in [-0.25, -0.2) is 9.59 Å². The fourth-order valence-electron chi connectivity index (χ4n) is 3.76. The number of amides is 4. The van der Waals surface area contributed by atoms with Crippen LogP contribution in [0.3, 0.4) is 0 Å². The second-order valence-corrected chi connectivity index (χ2v) is 8.83. The molecule has 3 rings (SSSR count). The number of rotatable bonds is 7. The summed E-state index contributed by atoms with van der Waals surface area (Å²) in [5.74, 6) is -0.482. The first-order chi connectivity index (χ1) is 16.4. The Balaban J connectivity index is 1.50. The Bertz CT molecular complexity index is 939. The van der Waals surface area contributed by atoms with Gasteiger partial charge in [-0.3, -0.25) is 4.79 Å². The summed E-state index contributed by atoms with van der Waals surface area (Å²) in [6.07, 6.45) is 3.74. The number of carbonyl (C=O) groups excluding carboxylic acids is 3. The van der Waals surface area contributed by atoms with E-state index in [1.807, 2.05) is 49.1 Å². The molecule has 3 N–H and O–H groups in total. The molecule has 4 amide bonds. The molecule has 1 aliphatic heterocycles. The Morgan fingerprint density at radius 1 is 0.853 bits per heavy atom. The minimum absolute atomic E-state index is 0.100. The monoisotopic (exact) mass is 466 g/mol. The highest BCUT2D eigenvalue weighted by atomic mass is 16.5. The molecular formula is C26H34N4O4. The zero-order valence-corrected chi connectivity index (χ0v) is 19.9. The van der Waals surface area contributed by atoms with Crippen LogP contribution in [0.25, 0.3) is 0 Å². The average molecular weight is 467 g/mol. The Hall–Kier alpha value is -3.55. The van der Waals surface area contributed by atoms with Gasteiger partial charge in [-0.2, -0.15) is 0 Å². The molecule has 1 aliphatic rings. The molecule has 0 bridgehead atoms. The van der Waals surface area contributed by atoms with Gasteiger partial charge in [-0.15, -0.1) is 0 Å². The molecule has 182 valence electrons. The van der Waals surface area contributed by atoms with Crippen LogP contribution in [0.4, 0.5) is 21.0 Å². The van der Waals surface area contributed by atoms with E-state index < -0.39 is 12.1 Å². The molecule has 0 spiro atoms. The number of hydrogen-bond donors (Lipinski definition) is 3. The normalized spacial score (nSPS) is 14.6. The summed E-state index contributed by atoms with van der Waals surface area (Å²) in [7, 11) is 0. The topological polar surface area (TPSA) is 99.8 Å². The van der Waals surface area contributed by atoms with E-state index in [4.69, 9.17) is 4.74 Å². The van der Waals surface area contributed by atoms with Gasteiger partial charge in [-0.1, -0.05) is 57.0 Å². The van der Waals surface area contributed by atoms with Gasteiger partial charge >= 0.3 is 12.1 Å². The lowest BCUT2D eigenvalue weighted by atomic mass is 10.0. The van der Waals surface area contributed by atoms with Gasteiger partial charge in [0.1, 0.15) is 12.6 Å². The molecule has 1 saturated heterocycles. The number of nitrogens with zero attached hydrogens (tertiary/aromatic N) is 1. The summed E-state index contributed by atoms with van der Waals surface area (Å²) in [4.78, 5) is 39.4. The standard InChI is InChI=1S/C26H34N4O4/c1-19(2)23(29-26(33)34-18-20-10-6-5-7-11-20)24(31)27-21-12-14-22(15-13-21)28-25(32)30-16-8-3-4-9-17-30/h5-7,10-15,19,23H,3-4,8-9,16-18H2,1-2H3,(H,27,31)(H,28,32)(H,29,33)/t23-/m0/s1. The van der Waals surface area contributed by atoms with Crippen molar-refractivity contribution < 1.29 is 19.1 Å². The third kappa shape index (κ3) is 7.79. The van der Waals surface area contributed by atoms with Crippen molar-refractivity contribution in [3.63, 3.8) is 0 Å². The van der Waals surface area contributed by atoms with Crippen molar-refractivity contribution in [3.8, 4) is 0 Å². The first kappa shape index (κ1) is 25.1. The molecular weight excluding hydrogens is 432 g/mol. The second-order valence-electron chi connectivity index (χ2n) is 8.83. The fourth-order valence-corrected chi connectivity index (χ4v) is 3.76. The van der Waals surface area contributed by atoms with Gasteiger partial charge in [0, 0.05) is 24.5 Å². The zero-order chi connectivity index (χ0) is 24.3. The first-order valence-corrected chi connectivity index (χ1v) is 11.9. The van der Waals surface area contributed by atoms with Gasteiger partial charge in [0.25, 0.3) is 0 Å². The van der Waals surface area contributed by atoms with Crippen LogP contribution in [-0.2, 0) is 16.1 Å². The van der Waals surface area contributed by atoms with E-state index >= 15 is 0 Å². The van der Waals surface area contributed by atoms with Crippen LogP contribution < -0.4 is 16.0 Å². The SMILES string of the molecule is CC(C)[C@H](NC(=O)OCc1ccccc1)C(=O)Nc1ccc(NC(=O)N2CCCCCC2)cc1. The van der Waals surface area contributed by atoms with Crippen LogP contribution in [0.1, 0.15) is 45.1 Å². The van der Waals surface area contributed by atoms with Gasteiger partial charge in [-0.05, 0) is 48.6 Å². The minimum atomic E-state index is -0.759. The van der Waals surface area contributed by atoms with Gasteiger partial charge in [0.2, 0.25) is 5.91 Å². The quantitative estimate of drug-likeness (QED) is 0.536. The van der Waals surface area contributed by atoms with Crippen molar-refractivity contribution in [2.24, 2.45) is 5.92 Å². The van der Waals surface area contributed by atoms with E-state index in [2.05, 4.69) is 16.0 Å². The predicted molar refractivity (Wildman–Crippen MR) is 133 cm³/mol. The maximum Gasteiger partial charge on any atom is 0.408 e. The fraction of sp³-hybridized carbons (Fsp3) is 0.423. The Morgan fingerprint density at radius 3 is 2.03 bits per heavy atom. The molecule has 0 radical (unpaired) electrons. The Labute approximate surface area is 201 Å². The van der Waals surface area contributed by atoms with E-state index in [9.17, 15) is 14.4 Å². The Morgan fingerprint density at radius 2 is 1.44 bits per heavy atom. The number of hydrogen-bond acceptors (Lipinski definition) is 4. The summed E-state index contributed by atoms with van der Waals surface area (Å²) in [6.45, 7) is 5.38. The number of anilines is 2. The molecule has 1 fully saturated rings. The van der Waals surface area contributed by atoms with Crippen LogP contribution in [-0.4, -0.2) is 42.1 Å². The van der Waals surface area contributed by atoms with Crippen molar-refractivity contribution in [2.75, 3.05) is 23.7 Å². The Kier molecular flexibility index (Phi) is 9.31. The maximum absolute atomic E-state index is 12.8. The van der Waals surface area contributed by atoms with Crippen molar-refractivity contribution in [1.82, 2.24) is 10.2 Å². The van der Waals surface area contributed by atoms with E-state index in [-0.39, 0.29) is 24.5 Å². The average Bonchev–Trinajstić information content (AvgIpc) is 3.13. The molecule has 0 aliphatic carbocycles. The van der Waals surface area contributed by atoms with Crippen molar-refractivity contribution >= 4 is 29.4 Å². The van der Waals surface area contributed by atoms with Crippen LogP contribution in [0, 0.1) is 5.92 Å². The van der Waals surface area contributed by atoms with Crippen molar-refractivity contribution in [3.05, 3.63) is 60.2 Å². The highest BCUT2D eigenvalue weighted by Gasteiger charge is 2.25. The van der Waals surface area contributed by atoms with Crippen LogP contribution in [0.2, 0.25) is 0 Å². The van der Waals surface area contributed by atoms with Crippen molar-refractivity contribution in [2.45, 2.75) is 52.2 Å². The third-order valence-electron chi connectivity index (χ3n) is 5.73. The van der Waals surface area contributed by atoms with Gasteiger partial charge in [0.05, 0.1) is 0 Å². The molecule has 8 nitrogen and oxygen atoms in total. The number of benzene rings is 2. The van der Waals surface area contributed by atoms with E-state index in [1.54, 1.807) is 24.3 Å². The molecule has 1 heterocycles. The lowest BCUT2D eigenvalue weighted by Crippen LogP contribution is -2.47. The van der Waals surface area contributed by atoms with Crippen molar-refractivity contribution in [1.29, 1.82) is 0 Å². The highest BCUT2D eigenvalue weighted by Crippen LogP contribution is 2.17. The van der Waals surface area contributed by atoms with Gasteiger partial charge < -0.3 is 25.6 Å². The molecule has 2 aromatic rings. The number of carbonyl (C=O) groups is 3. The minimum Gasteiger partial charge on any atom is -0.445 e. The number of urea groups is 1. The summed E-state index contributed by atoms with van der Waals surface area (Å²) >= 11 is 0. The summed E-state index contributed by atoms with van der Waals surface area (Å²) in [5.41, 5.74) is 2.10. The number of ether oxygens (including phenoxy) is 1. The third-order valence-corrected chi connectivity index (χ3v) is 5.73. The number of likely N-dealkylation sites (tertiary alicyclic amines) is 1. The molecule has 0 unspecified atom stereocenters.